The predicted octanol–water partition coefficient (Wildman–Crippen LogP) is 5.54. The van der Waals surface area contributed by atoms with Gasteiger partial charge in [-0.15, -0.1) is 0 Å². The van der Waals surface area contributed by atoms with Gasteiger partial charge in [0, 0.05) is 5.39 Å². The Labute approximate surface area is 115 Å². The summed E-state index contributed by atoms with van der Waals surface area (Å²) in [5.74, 6) is 0. The van der Waals surface area contributed by atoms with Crippen molar-refractivity contribution in [3.63, 3.8) is 0 Å². The lowest BCUT2D eigenvalue weighted by Gasteiger charge is -2.24. The number of hydrogen-bond donors (Lipinski definition) is 0. The first-order chi connectivity index (χ1) is 8.58. The molecule has 0 saturated carbocycles. The summed E-state index contributed by atoms with van der Waals surface area (Å²) in [4.78, 5) is 4.76. The molecule has 0 atom stereocenters. The minimum absolute atomic E-state index is 0.0562. The molecule has 0 saturated heterocycles. The fourth-order valence-corrected chi connectivity index (χ4v) is 6.33. The quantitative estimate of drug-likeness (QED) is 0.680. The Bertz CT molecular complexity index is 517. The third-order valence-corrected chi connectivity index (χ3v) is 9.17. The van der Waals surface area contributed by atoms with Gasteiger partial charge < -0.3 is 0 Å². The van der Waals surface area contributed by atoms with Gasteiger partial charge in [-0.2, -0.15) is 0 Å². The molecule has 1 aromatic heterocycles. The summed E-state index contributed by atoms with van der Waals surface area (Å²) in [5.41, 5.74) is 2.57. The number of nitrogens with zero attached hydrogens (tertiary/aromatic N) is 1. The maximum Gasteiger partial charge on any atom is 0.101 e. The number of para-hydroxylation sites is 1. The fourth-order valence-electron chi connectivity index (χ4n) is 2.01. The average Bonchev–Trinajstić information content (AvgIpc) is 2.35. The lowest BCUT2D eigenvalue weighted by Crippen LogP contribution is -2.00. The smallest absolute Gasteiger partial charge is 0.101 e. The van der Waals surface area contributed by atoms with Crippen molar-refractivity contribution in [2.24, 2.45) is 0 Å². The lowest BCUT2D eigenvalue weighted by molar-refractivity contribution is 1.03. The van der Waals surface area contributed by atoms with Crippen LogP contribution < -0.4 is 0 Å². The molecule has 2 rings (SSSR count). The van der Waals surface area contributed by atoms with E-state index in [-0.39, 0.29) is 7.12 Å². The van der Waals surface area contributed by atoms with E-state index in [1.54, 1.807) is 0 Å². The summed E-state index contributed by atoms with van der Waals surface area (Å²) in [5, 5.41) is 2.39. The van der Waals surface area contributed by atoms with Crippen molar-refractivity contribution in [2.75, 3.05) is 0 Å². The molecule has 0 aliphatic carbocycles. The number of pyridine rings is 1. The third kappa shape index (κ3) is 3.24. The second kappa shape index (κ2) is 6.04. The van der Waals surface area contributed by atoms with Gasteiger partial charge in [-0.3, -0.25) is 0 Å². The van der Waals surface area contributed by atoms with Crippen LogP contribution in [0.4, 0.5) is 0 Å². The van der Waals surface area contributed by atoms with Crippen LogP contribution in [0.3, 0.4) is 0 Å². The average molecular weight is 277 g/mol. The molecule has 2 aromatic rings. The van der Waals surface area contributed by atoms with Crippen LogP contribution in [0.5, 0.6) is 0 Å². The minimum Gasteiger partial charge on any atom is -0.241 e. The molecule has 3 heteroatoms. The van der Waals surface area contributed by atoms with E-state index in [1.807, 2.05) is 11.4 Å². The maximum atomic E-state index is 4.76. The molecule has 0 radical (unpaired) electrons. The Morgan fingerprint density at radius 1 is 0.944 bits per heavy atom. The van der Waals surface area contributed by atoms with Gasteiger partial charge in [0.25, 0.3) is 0 Å². The summed E-state index contributed by atoms with van der Waals surface area (Å²) in [6, 6.07) is 12.7. The normalized spacial score (nSPS) is 11.9. The zero-order valence-electron chi connectivity index (χ0n) is 11.4. The Morgan fingerprint density at radius 2 is 1.61 bits per heavy atom. The predicted molar refractivity (Wildman–Crippen MR) is 84.8 cm³/mol. The van der Waals surface area contributed by atoms with Crippen molar-refractivity contribution in [2.45, 2.75) is 44.0 Å². The number of aromatic nitrogens is 1. The van der Waals surface area contributed by atoms with E-state index in [4.69, 9.17) is 4.98 Å². The van der Waals surface area contributed by atoms with Crippen molar-refractivity contribution in [1.29, 1.82) is 0 Å². The van der Waals surface area contributed by atoms with Gasteiger partial charge in [0.1, 0.15) is 5.03 Å². The van der Waals surface area contributed by atoms with Gasteiger partial charge in [0.2, 0.25) is 0 Å². The lowest BCUT2D eigenvalue weighted by atomic mass is 10.2. The molecule has 1 aromatic carbocycles. The van der Waals surface area contributed by atoms with E-state index in [2.05, 4.69) is 64.1 Å². The molecule has 0 unspecified atom stereocenters. The first-order valence-corrected chi connectivity index (χ1v) is 9.30. The van der Waals surface area contributed by atoms with Crippen molar-refractivity contribution in [3.8, 4) is 0 Å². The van der Waals surface area contributed by atoms with Crippen molar-refractivity contribution >= 4 is 29.4 Å². The molecular formula is C15H20NPS. The minimum atomic E-state index is -0.0562. The van der Waals surface area contributed by atoms with Crippen molar-refractivity contribution in [1.82, 2.24) is 4.98 Å². The first-order valence-electron chi connectivity index (χ1n) is 6.40. The van der Waals surface area contributed by atoms with E-state index >= 15 is 0 Å². The third-order valence-electron chi connectivity index (χ3n) is 2.79. The van der Waals surface area contributed by atoms with Gasteiger partial charge >= 0.3 is 0 Å². The van der Waals surface area contributed by atoms with Crippen LogP contribution >= 0.6 is 18.5 Å². The van der Waals surface area contributed by atoms with E-state index < -0.39 is 0 Å². The van der Waals surface area contributed by atoms with Gasteiger partial charge in [-0.25, -0.2) is 4.98 Å². The summed E-state index contributed by atoms with van der Waals surface area (Å²) < 4.78 is 0. The second-order valence-electron chi connectivity index (χ2n) is 4.98. The van der Waals surface area contributed by atoms with Crippen molar-refractivity contribution in [3.05, 3.63) is 36.4 Å². The van der Waals surface area contributed by atoms with E-state index in [1.165, 1.54) is 10.4 Å². The Kier molecular flexibility index (Phi) is 4.64. The summed E-state index contributed by atoms with van der Waals surface area (Å²) in [6.45, 7) is 9.28. The maximum absolute atomic E-state index is 4.76. The van der Waals surface area contributed by atoms with Gasteiger partial charge in [0.15, 0.2) is 0 Å². The zero-order chi connectivity index (χ0) is 13.1. The number of hydrogen-bond acceptors (Lipinski definition) is 2. The molecule has 0 spiro atoms. The van der Waals surface area contributed by atoms with Gasteiger partial charge in [-0.1, -0.05) is 63.3 Å². The zero-order valence-corrected chi connectivity index (χ0v) is 13.1. The first kappa shape index (κ1) is 13.8. The molecule has 1 heterocycles. The Balaban J connectivity index is 2.25. The highest BCUT2D eigenvalue weighted by Crippen LogP contribution is 2.60. The molecule has 0 fully saturated rings. The number of benzene rings is 1. The largest absolute Gasteiger partial charge is 0.241 e. The molecule has 1 nitrogen and oxygen atoms in total. The SMILES string of the molecule is CC(C)P(Sc1ccc2ccccc2n1)C(C)C. The van der Waals surface area contributed by atoms with Crippen LogP contribution in [-0.4, -0.2) is 16.3 Å². The summed E-state index contributed by atoms with van der Waals surface area (Å²) in [7, 11) is -0.0562. The molecular weight excluding hydrogens is 257 g/mol. The Morgan fingerprint density at radius 3 is 2.28 bits per heavy atom. The molecule has 0 aliphatic heterocycles. The monoisotopic (exact) mass is 277 g/mol. The van der Waals surface area contributed by atoms with Crippen LogP contribution in [0.1, 0.15) is 27.7 Å². The van der Waals surface area contributed by atoms with Gasteiger partial charge in [0.05, 0.1) is 5.52 Å². The summed E-state index contributed by atoms with van der Waals surface area (Å²) >= 11 is 1.97. The molecule has 96 valence electrons. The highest BCUT2D eigenvalue weighted by Gasteiger charge is 2.18. The fraction of sp³-hybridized carbons (Fsp3) is 0.400. The molecule has 0 N–H and O–H groups in total. The number of rotatable bonds is 4. The highest BCUT2D eigenvalue weighted by molar-refractivity contribution is 8.56. The van der Waals surface area contributed by atoms with E-state index in [9.17, 15) is 0 Å². The van der Waals surface area contributed by atoms with Crippen LogP contribution in [0, 0.1) is 0 Å². The second-order valence-corrected chi connectivity index (χ2v) is 10.2. The molecule has 0 bridgehead atoms. The summed E-state index contributed by atoms with van der Waals surface area (Å²) in [6.07, 6.45) is 0. The molecule has 18 heavy (non-hydrogen) atoms. The van der Waals surface area contributed by atoms with Crippen LogP contribution in [0.15, 0.2) is 41.4 Å². The van der Waals surface area contributed by atoms with E-state index in [0.717, 1.165) is 16.8 Å². The number of fused-ring (bicyclic) bond motifs is 1. The van der Waals surface area contributed by atoms with Gasteiger partial charge in [-0.05, 0) is 30.6 Å². The molecule has 0 aliphatic rings. The Hall–Kier alpha value is -0.590. The van der Waals surface area contributed by atoms with Crippen LogP contribution in [0.2, 0.25) is 0 Å². The van der Waals surface area contributed by atoms with Crippen LogP contribution in [-0.2, 0) is 0 Å². The van der Waals surface area contributed by atoms with E-state index in [0.29, 0.717) is 0 Å². The topological polar surface area (TPSA) is 12.9 Å². The van der Waals surface area contributed by atoms with Crippen molar-refractivity contribution < 1.29 is 0 Å². The van der Waals surface area contributed by atoms with Crippen LogP contribution in [0.25, 0.3) is 10.9 Å². The standard InChI is InChI=1S/C15H20NPS/c1-11(2)17(12(3)4)18-15-10-9-13-7-5-6-8-14(13)16-15/h5-12H,1-4H3. The highest BCUT2D eigenvalue weighted by atomic mass is 32.7. The molecule has 0 amide bonds.